The Bertz CT molecular complexity index is 351. The van der Waals surface area contributed by atoms with Crippen LogP contribution in [0.5, 0.6) is 0 Å². The Labute approximate surface area is 118 Å². The number of hydrogen-bond acceptors (Lipinski definition) is 5. The normalized spacial score (nSPS) is 22.9. The van der Waals surface area contributed by atoms with Gasteiger partial charge in [0.05, 0.1) is 25.3 Å². The van der Waals surface area contributed by atoms with Crippen molar-refractivity contribution < 1.29 is 28.9 Å². The number of rotatable bonds is 5. The number of esters is 1. The van der Waals surface area contributed by atoms with Gasteiger partial charge in [0, 0.05) is 0 Å². The molecule has 1 fully saturated rings. The molecule has 0 aromatic heterocycles. The summed E-state index contributed by atoms with van der Waals surface area (Å²) >= 11 is 0. The van der Waals surface area contributed by atoms with E-state index in [1.54, 1.807) is 6.92 Å². The number of amides is 1. The minimum absolute atomic E-state index is 0.190. The van der Waals surface area contributed by atoms with Gasteiger partial charge in [-0.1, -0.05) is 0 Å². The van der Waals surface area contributed by atoms with E-state index in [0.717, 1.165) is 0 Å². The van der Waals surface area contributed by atoms with Crippen molar-refractivity contribution in [3.05, 3.63) is 0 Å². The summed E-state index contributed by atoms with van der Waals surface area (Å²) in [5, 5.41) is 9.03. The number of likely N-dealkylation sites (tertiary alicyclic amines) is 1. The molecule has 1 rings (SSSR count). The Morgan fingerprint density at radius 2 is 1.85 bits per heavy atom. The molecule has 1 aliphatic rings. The van der Waals surface area contributed by atoms with Gasteiger partial charge < -0.3 is 24.2 Å². The molecule has 1 heterocycles. The monoisotopic (exact) mass is 289 g/mol. The summed E-state index contributed by atoms with van der Waals surface area (Å²) in [6.45, 7) is 7.89. The van der Waals surface area contributed by atoms with Gasteiger partial charge in [0.2, 0.25) is 0 Å². The molecule has 1 aliphatic heterocycles. The third-order valence-corrected chi connectivity index (χ3v) is 2.71. The van der Waals surface area contributed by atoms with Crippen molar-refractivity contribution in [3.8, 4) is 0 Å². The van der Waals surface area contributed by atoms with E-state index in [2.05, 4.69) is 0 Å². The molecule has 116 valence electrons. The molecule has 7 heteroatoms. The Balaban J connectivity index is 2.59. The summed E-state index contributed by atoms with van der Waals surface area (Å²) in [5.41, 5.74) is -0.412. The van der Waals surface area contributed by atoms with Crippen LogP contribution < -0.4 is 0 Å². The summed E-state index contributed by atoms with van der Waals surface area (Å²) in [6, 6.07) is 0. The van der Waals surface area contributed by atoms with E-state index in [-0.39, 0.29) is 32.4 Å². The van der Waals surface area contributed by atoms with Crippen molar-refractivity contribution in [2.45, 2.75) is 45.5 Å². The maximum atomic E-state index is 11.3. The number of ether oxygens (including phenoxy) is 3. The predicted molar refractivity (Wildman–Crippen MR) is 70.6 cm³/mol. The van der Waals surface area contributed by atoms with E-state index in [9.17, 15) is 9.59 Å². The highest BCUT2D eigenvalue weighted by molar-refractivity contribution is 5.70. The van der Waals surface area contributed by atoms with E-state index in [1.165, 1.54) is 4.90 Å². The molecule has 0 bridgehead atoms. The van der Waals surface area contributed by atoms with Gasteiger partial charge in [-0.2, -0.15) is 0 Å². The van der Waals surface area contributed by atoms with Gasteiger partial charge in [-0.05, 0) is 27.7 Å². The molecule has 7 nitrogen and oxygen atoms in total. The molecule has 0 aromatic rings. The van der Waals surface area contributed by atoms with E-state index in [4.69, 9.17) is 19.3 Å². The largest absolute Gasteiger partial charge is 0.465 e. The highest BCUT2D eigenvalue weighted by Crippen LogP contribution is 2.22. The fraction of sp³-hybridized carbons (Fsp3) is 0.846. The SMILES string of the molecule is CCOC(=O)COC1CN(C(=O)O)CC1OC(C)(C)C. The Morgan fingerprint density at radius 3 is 2.35 bits per heavy atom. The van der Waals surface area contributed by atoms with Crippen LogP contribution in [0, 0.1) is 0 Å². The van der Waals surface area contributed by atoms with Crippen molar-refractivity contribution in [1.82, 2.24) is 4.90 Å². The lowest BCUT2D eigenvalue weighted by atomic mass is 10.1. The van der Waals surface area contributed by atoms with Crippen LogP contribution in [-0.2, 0) is 19.0 Å². The molecule has 1 amide bonds. The quantitative estimate of drug-likeness (QED) is 0.763. The van der Waals surface area contributed by atoms with Gasteiger partial charge in [-0.3, -0.25) is 0 Å². The molecular formula is C13H23NO6. The summed E-state index contributed by atoms with van der Waals surface area (Å²) in [7, 11) is 0. The lowest BCUT2D eigenvalue weighted by Crippen LogP contribution is -2.37. The zero-order chi connectivity index (χ0) is 15.3. The van der Waals surface area contributed by atoms with Gasteiger partial charge >= 0.3 is 12.1 Å². The Kier molecular flexibility index (Phi) is 5.76. The van der Waals surface area contributed by atoms with Crippen LogP contribution in [0.25, 0.3) is 0 Å². The van der Waals surface area contributed by atoms with Gasteiger partial charge in [0.15, 0.2) is 0 Å². The molecule has 2 atom stereocenters. The third kappa shape index (κ3) is 5.34. The topological polar surface area (TPSA) is 85.3 Å². The van der Waals surface area contributed by atoms with Crippen LogP contribution in [0.3, 0.4) is 0 Å². The standard InChI is InChI=1S/C13H23NO6/c1-5-18-11(15)8-19-9-6-14(12(16)17)7-10(9)20-13(2,3)4/h9-10H,5-8H2,1-4H3,(H,16,17). The van der Waals surface area contributed by atoms with Crippen LogP contribution >= 0.6 is 0 Å². The fourth-order valence-electron chi connectivity index (χ4n) is 2.01. The highest BCUT2D eigenvalue weighted by atomic mass is 16.6. The smallest absolute Gasteiger partial charge is 0.407 e. The molecule has 2 unspecified atom stereocenters. The van der Waals surface area contributed by atoms with Crippen molar-refractivity contribution in [1.29, 1.82) is 0 Å². The molecule has 1 N–H and O–H groups in total. The van der Waals surface area contributed by atoms with Crippen molar-refractivity contribution >= 4 is 12.1 Å². The van der Waals surface area contributed by atoms with Gasteiger partial charge in [0.1, 0.15) is 18.8 Å². The molecule has 0 radical (unpaired) electrons. The Hall–Kier alpha value is -1.34. The van der Waals surface area contributed by atoms with Gasteiger partial charge in [0.25, 0.3) is 0 Å². The summed E-state index contributed by atoms with van der Waals surface area (Å²) in [6.07, 6.45) is -1.87. The Morgan fingerprint density at radius 1 is 1.25 bits per heavy atom. The summed E-state index contributed by atoms with van der Waals surface area (Å²) < 4.78 is 16.0. The van der Waals surface area contributed by atoms with E-state index >= 15 is 0 Å². The number of carbonyl (C=O) groups excluding carboxylic acids is 1. The minimum atomic E-state index is -1.02. The summed E-state index contributed by atoms with van der Waals surface area (Å²) in [4.78, 5) is 23.5. The molecule has 20 heavy (non-hydrogen) atoms. The minimum Gasteiger partial charge on any atom is -0.465 e. The molecule has 0 aliphatic carbocycles. The fourth-order valence-corrected chi connectivity index (χ4v) is 2.01. The second-order valence-electron chi connectivity index (χ2n) is 5.61. The number of carboxylic acid groups (broad SMARTS) is 1. The van der Waals surface area contributed by atoms with Crippen LogP contribution in [0.4, 0.5) is 4.79 Å². The van der Waals surface area contributed by atoms with Gasteiger partial charge in [-0.25, -0.2) is 9.59 Å². The molecular weight excluding hydrogens is 266 g/mol. The zero-order valence-corrected chi connectivity index (χ0v) is 12.4. The lowest BCUT2D eigenvalue weighted by Gasteiger charge is -2.27. The first-order valence-corrected chi connectivity index (χ1v) is 6.66. The zero-order valence-electron chi connectivity index (χ0n) is 12.4. The third-order valence-electron chi connectivity index (χ3n) is 2.71. The van der Waals surface area contributed by atoms with E-state index in [1.807, 2.05) is 20.8 Å². The first-order chi connectivity index (χ1) is 9.23. The molecule has 0 aromatic carbocycles. The molecule has 0 saturated carbocycles. The van der Waals surface area contributed by atoms with E-state index in [0.29, 0.717) is 0 Å². The van der Waals surface area contributed by atoms with Crippen molar-refractivity contribution in [3.63, 3.8) is 0 Å². The number of nitrogens with zero attached hydrogens (tertiary/aromatic N) is 1. The molecule has 0 spiro atoms. The van der Waals surface area contributed by atoms with E-state index < -0.39 is 23.8 Å². The van der Waals surface area contributed by atoms with Crippen LogP contribution in [-0.4, -0.2) is 66.2 Å². The van der Waals surface area contributed by atoms with Crippen LogP contribution in [0.2, 0.25) is 0 Å². The maximum absolute atomic E-state index is 11.3. The summed E-state index contributed by atoms with van der Waals surface area (Å²) in [5.74, 6) is -0.462. The average molecular weight is 289 g/mol. The first kappa shape index (κ1) is 16.7. The lowest BCUT2D eigenvalue weighted by molar-refractivity contribution is -0.155. The van der Waals surface area contributed by atoms with Crippen molar-refractivity contribution in [2.24, 2.45) is 0 Å². The number of carbonyl (C=O) groups is 2. The first-order valence-electron chi connectivity index (χ1n) is 6.66. The van der Waals surface area contributed by atoms with Crippen LogP contribution in [0.1, 0.15) is 27.7 Å². The highest BCUT2D eigenvalue weighted by Gasteiger charge is 2.39. The van der Waals surface area contributed by atoms with Crippen molar-refractivity contribution in [2.75, 3.05) is 26.3 Å². The average Bonchev–Trinajstić information content (AvgIpc) is 2.68. The van der Waals surface area contributed by atoms with Crippen LogP contribution in [0.15, 0.2) is 0 Å². The second kappa shape index (κ2) is 6.90. The number of hydrogen-bond donors (Lipinski definition) is 1. The predicted octanol–water partition coefficient (Wildman–Crippen LogP) is 1.11. The second-order valence-corrected chi connectivity index (χ2v) is 5.61. The molecule has 1 saturated heterocycles. The maximum Gasteiger partial charge on any atom is 0.407 e. The van der Waals surface area contributed by atoms with Gasteiger partial charge in [-0.15, -0.1) is 0 Å².